The first-order chi connectivity index (χ1) is 3.83. The number of thioether (sulfide) groups is 1. The number of H-pyrrole nitrogens is 1. The van der Waals surface area contributed by atoms with E-state index < -0.39 is 0 Å². The number of hydrogen-bond acceptors (Lipinski definition) is 4. The summed E-state index contributed by atoms with van der Waals surface area (Å²) in [4.78, 5) is 3.05. The molecule has 3 nitrogen and oxygen atoms in total. The number of hydrogen-bond donors (Lipinski definition) is 1. The van der Waals surface area contributed by atoms with Crippen molar-refractivity contribution in [3.8, 4) is 0 Å². The van der Waals surface area contributed by atoms with Crippen LogP contribution in [0.5, 0.6) is 0 Å². The molecule has 0 aliphatic rings. The molecule has 1 rings (SSSR count). The van der Waals surface area contributed by atoms with Gasteiger partial charge in [-0.3, -0.25) is 4.98 Å². The van der Waals surface area contributed by atoms with Crippen molar-refractivity contribution < 1.29 is 4.52 Å². The Morgan fingerprint density at radius 1 is 1.88 bits per heavy atom. The fraction of sp³-hybridized carbons (Fsp3) is 0.333. The molecule has 0 amide bonds. The standard InChI is InChI=1S/C3H4N2OS2/c1-8-2-4-3(7)6-5-2/h1H3,(H,4,5,7). The fourth-order valence-corrected chi connectivity index (χ4v) is 0.809. The molecule has 1 N–H and O–H groups in total. The first kappa shape index (κ1) is 5.84. The largest absolute Gasteiger partial charge is 0.323 e. The summed E-state index contributed by atoms with van der Waals surface area (Å²) in [5.41, 5.74) is 0. The van der Waals surface area contributed by atoms with Crippen LogP contribution < -0.4 is 0 Å². The van der Waals surface area contributed by atoms with Gasteiger partial charge in [0.15, 0.2) is 0 Å². The van der Waals surface area contributed by atoms with E-state index >= 15 is 0 Å². The average molecular weight is 148 g/mol. The van der Waals surface area contributed by atoms with E-state index in [4.69, 9.17) is 0 Å². The van der Waals surface area contributed by atoms with E-state index in [9.17, 15) is 0 Å². The summed E-state index contributed by atoms with van der Waals surface area (Å²) in [6, 6.07) is 0. The van der Waals surface area contributed by atoms with Crippen molar-refractivity contribution in [2.24, 2.45) is 0 Å². The normalized spacial score (nSPS) is 9.62. The molecule has 8 heavy (non-hydrogen) atoms. The topological polar surface area (TPSA) is 41.8 Å². The van der Waals surface area contributed by atoms with Crippen molar-refractivity contribution in [1.29, 1.82) is 0 Å². The van der Waals surface area contributed by atoms with Crippen molar-refractivity contribution >= 4 is 24.0 Å². The van der Waals surface area contributed by atoms with E-state index in [0.29, 0.717) is 4.84 Å². The molecule has 0 aliphatic carbocycles. The highest BCUT2D eigenvalue weighted by Crippen LogP contribution is 2.05. The van der Waals surface area contributed by atoms with Crippen LogP contribution in [-0.4, -0.2) is 16.4 Å². The molecule has 0 fully saturated rings. The van der Waals surface area contributed by atoms with Crippen LogP contribution in [0, 0.1) is 4.84 Å². The monoisotopic (exact) mass is 148 g/mol. The van der Waals surface area contributed by atoms with Gasteiger partial charge in [0.2, 0.25) is 5.16 Å². The fourth-order valence-electron chi connectivity index (χ4n) is 0.304. The molecule has 0 aromatic carbocycles. The van der Waals surface area contributed by atoms with Gasteiger partial charge >= 0.3 is 0 Å². The Hall–Kier alpha value is -0.290. The van der Waals surface area contributed by atoms with Crippen molar-refractivity contribution in [3.05, 3.63) is 4.84 Å². The lowest BCUT2D eigenvalue weighted by Crippen LogP contribution is -1.67. The zero-order valence-electron chi connectivity index (χ0n) is 4.17. The molecule has 1 aromatic heterocycles. The van der Waals surface area contributed by atoms with E-state index in [2.05, 4.69) is 26.9 Å². The van der Waals surface area contributed by atoms with Gasteiger partial charge in [0, 0.05) is 0 Å². The minimum absolute atomic E-state index is 0.328. The highest BCUT2D eigenvalue weighted by atomic mass is 32.2. The molecule has 1 aromatic rings. The highest BCUT2D eigenvalue weighted by molar-refractivity contribution is 7.98. The van der Waals surface area contributed by atoms with Gasteiger partial charge in [-0.15, -0.1) is 0 Å². The second-order valence-corrected chi connectivity index (χ2v) is 2.27. The summed E-state index contributed by atoms with van der Waals surface area (Å²) >= 11 is 6.06. The summed E-state index contributed by atoms with van der Waals surface area (Å²) in [5.74, 6) is 0. The van der Waals surface area contributed by atoms with Crippen molar-refractivity contribution in [3.63, 3.8) is 0 Å². The van der Waals surface area contributed by atoms with Crippen molar-refractivity contribution in [2.45, 2.75) is 5.16 Å². The second-order valence-electron chi connectivity index (χ2n) is 1.10. The predicted octanol–water partition coefficient (Wildman–Crippen LogP) is 1.45. The Kier molecular flexibility index (Phi) is 1.69. The Bertz CT molecular complexity index is 215. The molecule has 1 heterocycles. The molecule has 0 bridgehead atoms. The molecule has 0 spiro atoms. The molecule has 5 heteroatoms. The van der Waals surface area contributed by atoms with Crippen LogP contribution >= 0.6 is 24.0 Å². The summed E-state index contributed by atoms with van der Waals surface area (Å²) in [5, 5.41) is 4.28. The Morgan fingerprint density at radius 2 is 2.62 bits per heavy atom. The van der Waals surface area contributed by atoms with Gasteiger partial charge in [0.25, 0.3) is 4.84 Å². The minimum Gasteiger partial charge on any atom is -0.323 e. The smallest absolute Gasteiger partial charge is 0.295 e. The van der Waals surface area contributed by atoms with Gasteiger partial charge in [-0.25, -0.2) is 0 Å². The first-order valence-electron chi connectivity index (χ1n) is 1.93. The number of aromatic nitrogens is 2. The predicted molar refractivity (Wildman–Crippen MR) is 33.5 cm³/mol. The molecule has 0 saturated heterocycles. The molecule has 0 unspecified atom stereocenters. The average Bonchev–Trinajstić information content (AvgIpc) is 2.14. The van der Waals surface area contributed by atoms with Crippen LogP contribution in [0.3, 0.4) is 0 Å². The van der Waals surface area contributed by atoms with Crippen LogP contribution in [0.1, 0.15) is 0 Å². The summed E-state index contributed by atoms with van der Waals surface area (Å²) in [6.07, 6.45) is 1.89. The lowest BCUT2D eigenvalue weighted by molar-refractivity contribution is 0.392. The molecule has 0 saturated carbocycles. The van der Waals surface area contributed by atoms with Crippen molar-refractivity contribution in [1.82, 2.24) is 10.1 Å². The molecular weight excluding hydrogens is 144 g/mol. The van der Waals surface area contributed by atoms with E-state index in [1.165, 1.54) is 11.8 Å². The number of nitrogens with one attached hydrogen (secondary N) is 1. The van der Waals surface area contributed by atoms with Gasteiger partial charge in [0.1, 0.15) is 0 Å². The van der Waals surface area contributed by atoms with Crippen LogP contribution in [0.15, 0.2) is 9.68 Å². The third-order valence-corrected chi connectivity index (χ3v) is 1.35. The maximum absolute atomic E-state index is 4.60. The third kappa shape index (κ3) is 1.10. The Labute approximate surface area is 55.5 Å². The molecule has 0 radical (unpaired) electrons. The lowest BCUT2D eigenvalue weighted by atomic mass is 11.3. The zero-order chi connectivity index (χ0) is 5.98. The highest BCUT2D eigenvalue weighted by Gasteiger charge is 1.90. The summed E-state index contributed by atoms with van der Waals surface area (Å²) < 4.78 is 4.54. The number of rotatable bonds is 1. The van der Waals surface area contributed by atoms with E-state index in [1.807, 2.05) is 6.26 Å². The summed E-state index contributed by atoms with van der Waals surface area (Å²) in [7, 11) is 0. The minimum atomic E-state index is 0.328. The van der Waals surface area contributed by atoms with Gasteiger partial charge in [-0.05, 0) is 18.5 Å². The van der Waals surface area contributed by atoms with Crippen molar-refractivity contribution in [2.75, 3.05) is 6.26 Å². The molecular formula is C3H4N2OS2. The van der Waals surface area contributed by atoms with E-state index in [0.717, 1.165) is 5.16 Å². The summed E-state index contributed by atoms with van der Waals surface area (Å²) in [6.45, 7) is 0. The van der Waals surface area contributed by atoms with Gasteiger partial charge < -0.3 is 4.52 Å². The molecule has 44 valence electrons. The Balaban J connectivity index is 3.01. The Morgan fingerprint density at radius 3 is 2.88 bits per heavy atom. The van der Waals surface area contributed by atoms with Crippen LogP contribution in [0.4, 0.5) is 0 Å². The van der Waals surface area contributed by atoms with Gasteiger partial charge in [-0.2, -0.15) is 0 Å². The molecule has 0 atom stereocenters. The quantitative estimate of drug-likeness (QED) is 0.483. The zero-order valence-corrected chi connectivity index (χ0v) is 5.80. The maximum Gasteiger partial charge on any atom is 0.295 e. The van der Waals surface area contributed by atoms with E-state index in [-0.39, 0.29) is 0 Å². The van der Waals surface area contributed by atoms with Crippen LogP contribution in [0.2, 0.25) is 0 Å². The first-order valence-corrected chi connectivity index (χ1v) is 3.56. The van der Waals surface area contributed by atoms with Gasteiger partial charge in [0.05, 0.1) is 0 Å². The van der Waals surface area contributed by atoms with Gasteiger partial charge in [-0.1, -0.05) is 16.9 Å². The lowest BCUT2D eigenvalue weighted by Gasteiger charge is -1.75. The van der Waals surface area contributed by atoms with Crippen LogP contribution in [0.25, 0.3) is 0 Å². The van der Waals surface area contributed by atoms with Crippen LogP contribution in [-0.2, 0) is 0 Å². The van der Waals surface area contributed by atoms with E-state index in [1.54, 1.807) is 0 Å². The third-order valence-electron chi connectivity index (χ3n) is 0.614. The number of nitrogens with zero attached hydrogens (tertiary/aromatic N) is 1. The number of aromatic amines is 1. The maximum atomic E-state index is 4.60. The molecule has 0 aliphatic heterocycles. The SMILES string of the molecule is CSc1noc(=S)[nH]1. The second kappa shape index (κ2) is 2.32.